The van der Waals surface area contributed by atoms with E-state index in [1.165, 1.54) is 7.11 Å². The quantitative estimate of drug-likeness (QED) is 0.558. The first-order valence-corrected chi connectivity index (χ1v) is 10.4. The number of aromatic nitrogens is 3. The van der Waals surface area contributed by atoms with E-state index in [1.54, 1.807) is 12.1 Å². The minimum atomic E-state index is -4.56. The fraction of sp³-hybridized carbons (Fsp3) is 0.435. The molecule has 0 radical (unpaired) electrons. The van der Waals surface area contributed by atoms with Gasteiger partial charge in [0, 0.05) is 23.8 Å². The predicted octanol–water partition coefficient (Wildman–Crippen LogP) is 5.71. The summed E-state index contributed by atoms with van der Waals surface area (Å²) in [7, 11) is 1.45. The van der Waals surface area contributed by atoms with Crippen molar-refractivity contribution in [1.82, 2.24) is 14.8 Å². The van der Waals surface area contributed by atoms with Crippen molar-refractivity contribution in [2.75, 3.05) is 12.4 Å². The highest BCUT2D eigenvalue weighted by atomic mass is 19.4. The zero-order valence-electron chi connectivity index (χ0n) is 18.3. The lowest BCUT2D eigenvalue weighted by atomic mass is 9.66. The van der Waals surface area contributed by atoms with Gasteiger partial charge < -0.3 is 10.1 Å². The fourth-order valence-electron chi connectivity index (χ4n) is 3.95. The number of nitrogens with zero attached hydrogens (tertiary/aromatic N) is 3. The van der Waals surface area contributed by atoms with Gasteiger partial charge in [-0.05, 0) is 42.4 Å². The Morgan fingerprint density at radius 3 is 2.53 bits per heavy atom. The molecule has 2 aromatic heterocycles. The number of nitrogens with one attached hydrogen (secondary N) is 1. The van der Waals surface area contributed by atoms with Crippen LogP contribution in [0.2, 0.25) is 0 Å². The number of pyridine rings is 1. The summed E-state index contributed by atoms with van der Waals surface area (Å²) >= 11 is 0. The number of hydrogen-bond acceptors (Lipinski definition) is 4. The maximum Gasteiger partial charge on any atom is 0.416 e. The molecule has 1 aliphatic rings. The van der Waals surface area contributed by atoms with E-state index in [9.17, 15) is 18.0 Å². The van der Waals surface area contributed by atoms with E-state index < -0.39 is 17.6 Å². The van der Waals surface area contributed by atoms with E-state index in [1.807, 2.05) is 10.9 Å². The van der Waals surface area contributed by atoms with Crippen molar-refractivity contribution in [1.29, 1.82) is 0 Å². The van der Waals surface area contributed by atoms with Gasteiger partial charge in [-0.25, -0.2) is 0 Å². The van der Waals surface area contributed by atoms with Crippen molar-refractivity contribution < 1.29 is 22.7 Å². The number of methoxy groups -OCH3 is 1. The normalized spacial score (nSPS) is 19.0. The molecule has 0 unspecified atom stereocenters. The largest absolute Gasteiger partial charge is 0.494 e. The van der Waals surface area contributed by atoms with Crippen LogP contribution >= 0.6 is 0 Å². The number of halogens is 3. The third-order valence-corrected chi connectivity index (χ3v) is 6.12. The average molecular weight is 446 g/mol. The Hall–Kier alpha value is -3.10. The molecule has 1 amide bonds. The Morgan fingerprint density at radius 2 is 1.91 bits per heavy atom. The van der Waals surface area contributed by atoms with Gasteiger partial charge in [0.15, 0.2) is 0 Å². The van der Waals surface area contributed by atoms with Gasteiger partial charge >= 0.3 is 6.18 Å². The van der Waals surface area contributed by atoms with Crippen LogP contribution in [0.4, 0.5) is 18.9 Å². The van der Waals surface area contributed by atoms with E-state index in [0.29, 0.717) is 23.4 Å². The van der Waals surface area contributed by atoms with Crippen LogP contribution in [-0.4, -0.2) is 27.8 Å². The van der Waals surface area contributed by atoms with E-state index in [0.717, 1.165) is 42.1 Å². The smallest absolute Gasteiger partial charge is 0.416 e. The van der Waals surface area contributed by atoms with Crippen molar-refractivity contribution in [2.45, 2.75) is 45.8 Å². The van der Waals surface area contributed by atoms with Crippen LogP contribution in [0.15, 0.2) is 36.7 Å². The molecule has 0 bridgehead atoms. The van der Waals surface area contributed by atoms with Crippen molar-refractivity contribution in [2.24, 2.45) is 11.3 Å². The van der Waals surface area contributed by atoms with Gasteiger partial charge in [-0.15, -0.1) is 0 Å². The van der Waals surface area contributed by atoms with Crippen molar-refractivity contribution >= 4 is 22.5 Å². The molecule has 0 spiro atoms. The third-order valence-electron chi connectivity index (χ3n) is 6.12. The zero-order valence-corrected chi connectivity index (χ0v) is 18.3. The fourth-order valence-corrected chi connectivity index (χ4v) is 3.95. The number of amides is 1. The van der Waals surface area contributed by atoms with E-state index in [-0.39, 0.29) is 11.1 Å². The monoisotopic (exact) mass is 446 g/mol. The van der Waals surface area contributed by atoms with Crippen LogP contribution in [0.3, 0.4) is 0 Å². The standard InChI is InChI=1S/C23H25F3N4O2/c1-22(2,3)15-8-16(9-15)30-12-13-7-18(20(32-4)11-17(13)29-30)28-21(31)19-10-14(5-6-27-19)23(24,25)26/h5-7,10-12,15-16H,8-9H2,1-4H3,(H,28,31). The Kier molecular flexibility index (Phi) is 5.38. The highest BCUT2D eigenvalue weighted by molar-refractivity contribution is 6.05. The van der Waals surface area contributed by atoms with Crippen LogP contribution in [0, 0.1) is 11.3 Å². The molecule has 1 N–H and O–H groups in total. The van der Waals surface area contributed by atoms with Crippen LogP contribution in [-0.2, 0) is 6.18 Å². The number of hydrogen-bond donors (Lipinski definition) is 1. The van der Waals surface area contributed by atoms with Gasteiger partial charge in [0.1, 0.15) is 11.4 Å². The lowest BCUT2D eigenvalue weighted by Gasteiger charge is -2.43. The molecule has 0 atom stereocenters. The summed E-state index contributed by atoms with van der Waals surface area (Å²) in [5.41, 5.74) is 0.0539. The first-order chi connectivity index (χ1) is 15.0. The van der Waals surface area contributed by atoms with Gasteiger partial charge in [0.2, 0.25) is 0 Å². The number of anilines is 1. The molecule has 1 aromatic carbocycles. The summed E-state index contributed by atoms with van der Waals surface area (Å²) in [6.45, 7) is 6.73. The Morgan fingerprint density at radius 1 is 1.19 bits per heavy atom. The predicted molar refractivity (Wildman–Crippen MR) is 115 cm³/mol. The summed E-state index contributed by atoms with van der Waals surface area (Å²) < 4.78 is 46.2. The van der Waals surface area contributed by atoms with Gasteiger partial charge in [-0.3, -0.25) is 14.5 Å². The second kappa shape index (κ2) is 7.79. The molecule has 4 rings (SSSR count). The molecule has 9 heteroatoms. The molecule has 3 aromatic rings. The SMILES string of the molecule is COc1cc2nn(C3CC(C(C)(C)C)C3)cc2cc1NC(=O)c1cc(C(F)(F)F)ccn1. The number of alkyl halides is 3. The number of rotatable bonds is 4. The lowest BCUT2D eigenvalue weighted by molar-refractivity contribution is -0.137. The Balaban J connectivity index is 1.57. The van der Waals surface area contributed by atoms with Crippen molar-refractivity contribution in [3.05, 3.63) is 47.9 Å². The van der Waals surface area contributed by atoms with Crippen molar-refractivity contribution in [3.8, 4) is 5.75 Å². The number of carbonyl (C=O) groups is 1. The number of benzene rings is 1. The number of carbonyl (C=O) groups excluding carboxylic acids is 1. The van der Waals surface area contributed by atoms with Gasteiger partial charge in [-0.1, -0.05) is 20.8 Å². The van der Waals surface area contributed by atoms with Crippen LogP contribution < -0.4 is 10.1 Å². The Bertz CT molecular complexity index is 1160. The molecule has 0 aliphatic heterocycles. The highest BCUT2D eigenvalue weighted by Gasteiger charge is 2.38. The molecule has 6 nitrogen and oxygen atoms in total. The van der Waals surface area contributed by atoms with Gasteiger partial charge in [0.05, 0.1) is 29.9 Å². The summed E-state index contributed by atoms with van der Waals surface area (Å²) in [5.74, 6) is 0.251. The van der Waals surface area contributed by atoms with Crippen LogP contribution in [0.25, 0.3) is 10.9 Å². The van der Waals surface area contributed by atoms with Gasteiger partial charge in [-0.2, -0.15) is 18.3 Å². The third kappa shape index (κ3) is 4.28. The molecule has 32 heavy (non-hydrogen) atoms. The van der Waals surface area contributed by atoms with Crippen LogP contribution in [0.1, 0.15) is 55.7 Å². The van der Waals surface area contributed by atoms with Crippen LogP contribution in [0.5, 0.6) is 5.75 Å². The molecule has 0 saturated heterocycles. The number of fused-ring (bicyclic) bond motifs is 1. The first-order valence-electron chi connectivity index (χ1n) is 10.4. The minimum absolute atomic E-state index is 0.265. The molecule has 2 heterocycles. The molecule has 170 valence electrons. The zero-order chi connectivity index (χ0) is 23.3. The first kappa shape index (κ1) is 22.1. The molecular weight excluding hydrogens is 421 g/mol. The summed E-state index contributed by atoms with van der Waals surface area (Å²) in [5, 5.41) is 8.08. The second-order valence-electron chi connectivity index (χ2n) is 9.29. The summed E-state index contributed by atoms with van der Waals surface area (Å²) in [4.78, 5) is 16.3. The van der Waals surface area contributed by atoms with Gasteiger partial charge in [0.25, 0.3) is 5.91 Å². The molecule has 1 aliphatic carbocycles. The Labute approximate surface area is 183 Å². The molecular formula is C23H25F3N4O2. The minimum Gasteiger partial charge on any atom is -0.494 e. The van der Waals surface area contributed by atoms with E-state index in [2.05, 4.69) is 36.2 Å². The lowest BCUT2D eigenvalue weighted by Crippen LogP contribution is -2.35. The second-order valence-corrected chi connectivity index (χ2v) is 9.29. The maximum absolute atomic E-state index is 13.0. The molecule has 1 saturated carbocycles. The highest BCUT2D eigenvalue weighted by Crippen LogP contribution is 2.47. The van der Waals surface area contributed by atoms with Crippen molar-refractivity contribution in [3.63, 3.8) is 0 Å². The van der Waals surface area contributed by atoms with E-state index in [4.69, 9.17) is 4.74 Å². The topological polar surface area (TPSA) is 69.0 Å². The average Bonchev–Trinajstić information content (AvgIpc) is 3.06. The summed E-state index contributed by atoms with van der Waals surface area (Å²) in [6.07, 6.45) is 0.442. The maximum atomic E-state index is 13.0. The summed E-state index contributed by atoms with van der Waals surface area (Å²) in [6, 6.07) is 5.29. The van der Waals surface area contributed by atoms with E-state index >= 15 is 0 Å². The molecule has 1 fully saturated rings. The number of ether oxygens (including phenoxy) is 1.